The van der Waals surface area contributed by atoms with Crippen LogP contribution in [0, 0.1) is 23.2 Å². The Morgan fingerprint density at radius 3 is 2.32 bits per heavy atom. The van der Waals surface area contributed by atoms with E-state index >= 15 is 0 Å². The molecule has 104 valence electrons. The molecule has 1 atom stereocenters. The lowest BCUT2D eigenvalue weighted by atomic mass is 9.47. The van der Waals surface area contributed by atoms with E-state index in [2.05, 4.69) is 18.3 Å². The van der Waals surface area contributed by atoms with Crippen molar-refractivity contribution in [2.24, 2.45) is 23.2 Å². The van der Waals surface area contributed by atoms with Crippen LogP contribution in [0.3, 0.4) is 0 Å². The van der Waals surface area contributed by atoms with Gasteiger partial charge in [0, 0.05) is 11.6 Å². The quantitative estimate of drug-likeness (QED) is 0.879. The van der Waals surface area contributed by atoms with Crippen LogP contribution in [0.25, 0.3) is 0 Å². The normalized spacial score (nSPS) is 41.6. The lowest BCUT2D eigenvalue weighted by Crippen LogP contribution is -2.51. The van der Waals surface area contributed by atoms with Gasteiger partial charge in [-0.25, -0.2) is 0 Å². The molecule has 1 heterocycles. The second kappa shape index (κ2) is 4.37. The average molecular weight is 259 g/mol. The smallest absolute Gasteiger partial charge is 0.0950 e. The average Bonchev–Trinajstić information content (AvgIpc) is 2.87. The fourth-order valence-electron chi connectivity index (χ4n) is 5.86. The molecule has 0 aliphatic heterocycles. The van der Waals surface area contributed by atoms with Crippen LogP contribution in [-0.2, 0) is 0 Å². The van der Waals surface area contributed by atoms with E-state index in [-0.39, 0.29) is 0 Å². The van der Waals surface area contributed by atoms with Crippen molar-refractivity contribution in [3.8, 4) is 0 Å². The molecule has 0 spiro atoms. The van der Waals surface area contributed by atoms with Gasteiger partial charge in [-0.05, 0) is 74.3 Å². The van der Waals surface area contributed by atoms with E-state index in [4.69, 9.17) is 4.42 Å². The van der Waals surface area contributed by atoms with Crippen LogP contribution in [0.5, 0.6) is 0 Å². The van der Waals surface area contributed by atoms with Crippen LogP contribution in [0.2, 0.25) is 0 Å². The second-order valence-corrected chi connectivity index (χ2v) is 7.33. The summed E-state index contributed by atoms with van der Waals surface area (Å²) >= 11 is 0. The molecule has 1 aromatic heterocycles. The summed E-state index contributed by atoms with van der Waals surface area (Å²) < 4.78 is 5.37. The second-order valence-electron chi connectivity index (χ2n) is 7.33. The molecular weight excluding hydrogens is 234 g/mol. The van der Waals surface area contributed by atoms with Gasteiger partial charge < -0.3 is 9.73 Å². The lowest BCUT2D eigenvalue weighted by Gasteiger charge is -2.59. The molecule has 4 bridgehead atoms. The van der Waals surface area contributed by atoms with E-state index < -0.39 is 0 Å². The third-order valence-electron chi connectivity index (χ3n) is 5.98. The Balaban J connectivity index is 1.68. The molecule has 5 rings (SSSR count). The molecule has 4 aliphatic carbocycles. The van der Waals surface area contributed by atoms with Crippen LogP contribution in [0.4, 0.5) is 0 Å². The third kappa shape index (κ3) is 1.87. The van der Waals surface area contributed by atoms with Crippen LogP contribution >= 0.6 is 0 Å². The summed E-state index contributed by atoms with van der Waals surface area (Å²) in [4.78, 5) is 0. The minimum absolute atomic E-state index is 0.518. The Kier molecular flexibility index (Phi) is 2.77. The molecule has 4 fully saturated rings. The van der Waals surface area contributed by atoms with Crippen molar-refractivity contribution in [3.63, 3.8) is 0 Å². The Labute approximate surface area is 116 Å². The largest absolute Gasteiger partial charge is 0.472 e. The van der Waals surface area contributed by atoms with Crippen LogP contribution in [-0.4, -0.2) is 6.54 Å². The minimum atomic E-state index is 0.518. The van der Waals surface area contributed by atoms with E-state index in [0.717, 1.165) is 24.3 Å². The summed E-state index contributed by atoms with van der Waals surface area (Å²) in [5, 5.41) is 3.78. The van der Waals surface area contributed by atoms with Gasteiger partial charge in [0.1, 0.15) is 0 Å². The van der Waals surface area contributed by atoms with Crippen molar-refractivity contribution in [3.05, 3.63) is 24.2 Å². The molecule has 1 N–H and O–H groups in total. The van der Waals surface area contributed by atoms with Gasteiger partial charge in [0.25, 0.3) is 0 Å². The summed E-state index contributed by atoms with van der Waals surface area (Å²) in [5.74, 6) is 3.04. The van der Waals surface area contributed by atoms with E-state index in [1.54, 1.807) is 0 Å². The molecular formula is C17H25NO. The van der Waals surface area contributed by atoms with Crippen LogP contribution < -0.4 is 5.32 Å². The number of rotatable bonds is 4. The Hall–Kier alpha value is -0.760. The van der Waals surface area contributed by atoms with E-state index in [0.29, 0.717) is 11.5 Å². The molecule has 0 amide bonds. The maximum atomic E-state index is 5.37. The highest BCUT2D eigenvalue weighted by atomic mass is 16.3. The van der Waals surface area contributed by atoms with Gasteiger partial charge in [0.05, 0.1) is 12.5 Å². The fourth-order valence-corrected chi connectivity index (χ4v) is 5.86. The van der Waals surface area contributed by atoms with Crippen molar-refractivity contribution in [2.45, 2.75) is 51.5 Å². The zero-order valence-electron chi connectivity index (χ0n) is 11.9. The van der Waals surface area contributed by atoms with Crippen molar-refractivity contribution in [2.75, 3.05) is 6.54 Å². The predicted molar refractivity (Wildman–Crippen MR) is 75.7 cm³/mol. The van der Waals surface area contributed by atoms with Gasteiger partial charge in [0.15, 0.2) is 0 Å². The van der Waals surface area contributed by atoms with Gasteiger partial charge in [-0.1, -0.05) is 6.92 Å². The number of hydrogen-bond donors (Lipinski definition) is 1. The molecule has 19 heavy (non-hydrogen) atoms. The van der Waals surface area contributed by atoms with E-state index in [1.165, 1.54) is 44.1 Å². The predicted octanol–water partition coefficient (Wildman–Crippen LogP) is 4.15. The van der Waals surface area contributed by atoms with Gasteiger partial charge >= 0.3 is 0 Å². The van der Waals surface area contributed by atoms with Gasteiger partial charge in [-0.3, -0.25) is 0 Å². The first kappa shape index (κ1) is 12.0. The minimum Gasteiger partial charge on any atom is -0.472 e. The van der Waals surface area contributed by atoms with Gasteiger partial charge in [-0.15, -0.1) is 0 Å². The van der Waals surface area contributed by atoms with Crippen molar-refractivity contribution >= 4 is 0 Å². The lowest BCUT2D eigenvalue weighted by molar-refractivity contribution is -0.0747. The van der Waals surface area contributed by atoms with Crippen LogP contribution in [0.15, 0.2) is 23.0 Å². The number of hydrogen-bond acceptors (Lipinski definition) is 2. The zero-order valence-corrected chi connectivity index (χ0v) is 11.9. The first-order valence-corrected chi connectivity index (χ1v) is 8.04. The highest BCUT2D eigenvalue weighted by molar-refractivity contribution is 5.19. The molecule has 2 heteroatoms. The van der Waals surface area contributed by atoms with Gasteiger partial charge in [-0.2, -0.15) is 0 Å². The highest BCUT2D eigenvalue weighted by Gasteiger charge is 2.54. The molecule has 0 saturated heterocycles. The highest BCUT2D eigenvalue weighted by Crippen LogP contribution is 2.64. The first-order chi connectivity index (χ1) is 9.29. The SMILES string of the molecule is CCNC(c1ccoc1)C12CC3CC(CC(C3)C1)C2. The van der Waals surface area contributed by atoms with Crippen molar-refractivity contribution in [1.29, 1.82) is 0 Å². The topological polar surface area (TPSA) is 25.2 Å². The monoisotopic (exact) mass is 259 g/mol. The molecule has 1 aromatic rings. The third-order valence-corrected chi connectivity index (χ3v) is 5.98. The van der Waals surface area contributed by atoms with Crippen molar-refractivity contribution < 1.29 is 4.42 Å². The summed E-state index contributed by atoms with van der Waals surface area (Å²) in [6.07, 6.45) is 12.7. The Morgan fingerprint density at radius 1 is 1.21 bits per heavy atom. The maximum Gasteiger partial charge on any atom is 0.0950 e. The Morgan fingerprint density at radius 2 is 1.84 bits per heavy atom. The number of nitrogens with one attached hydrogen (secondary N) is 1. The zero-order chi connectivity index (χ0) is 12.9. The molecule has 1 unspecified atom stereocenters. The molecule has 4 saturated carbocycles. The summed E-state index contributed by atoms with van der Waals surface area (Å²) in [5.41, 5.74) is 1.90. The summed E-state index contributed by atoms with van der Waals surface area (Å²) in [6.45, 7) is 3.28. The molecule has 0 radical (unpaired) electrons. The van der Waals surface area contributed by atoms with Gasteiger partial charge in [0.2, 0.25) is 0 Å². The molecule has 2 nitrogen and oxygen atoms in total. The van der Waals surface area contributed by atoms with Crippen LogP contribution in [0.1, 0.15) is 57.1 Å². The molecule has 0 aromatic carbocycles. The number of furan rings is 1. The first-order valence-electron chi connectivity index (χ1n) is 8.04. The maximum absolute atomic E-state index is 5.37. The van der Waals surface area contributed by atoms with E-state index in [1.807, 2.05) is 12.5 Å². The van der Waals surface area contributed by atoms with E-state index in [9.17, 15) is 0 Å². The summed E-state index contributed by atoms with van der Waals surface area (Å²) in [7, 11) is 0. The molecule has 4 aliphatic rings. The Bertz CT molecular complexity index is 401. The van der Waals surface area contributed by atoms with Crippen molar-refractivity contribution in [1.82, 2.24) is 5.32 Å². The fraction of sp³-hybridized carbons (Fsp3) is 0.765. The summed E-state index contributed by atoms with van der Waals surface area (Å²) in [6, 6.07) is 2.69. The standard InChI is InChI=1S/C17H25NO/c1-2-18-16(15-3-4-19-11-15)17-8-12-5-13(9-17)7-14(6-12)10-17/h3-4,11-14,16,18H,2,5-10H2,1H3.